The fraction of sp³-hybridized carbons (Fsp3) is 0.190. The molecule has 0 unspecified atom stereocenters. The van der Waals surface area contributed by atoms with E-state index in [9.17, 15) is 0 Å². The smallest absolute Gasteiger partial charge is 0.229 e. The van der Waals surface area contributed by atoms with Crippen LogP contribution in [0.5, 0.6) is 17.2 Å². The lowest BCUT2D eigenvalue weighted by atomic mass is 10.1. The summed E-state index contributed by atoms with van der Waals surface area (Å²) in [7, 11) is 4.67. The minimum atomic E-state index is 0.349. The molecule has 0 fully saturated rings. The highest BCUT2D eigenvalue weighted by Crippen LogP contribution is 2.40. The minimum absolute atomic E-state index is 0.349. The van der Waals surface area contributed by atoms with Gasteiger partial charge in [0.1, 0.15) is 5.82 Å². The van der Waals surface area contributed by atoms with Gasteiger partial charge in [0.05, 0.1) is 26.8 Å². The largest absolute Gasteiger partial charge is 0.493 e. The third kappa shape index (κ3) is 3.41. The van der Waals surface area contributed by atoms with Gasteiger partial charge < -0.3 is 25.3 Å². The van der Waals surface area contributed by atoms with E-state index in [0.717, 1.165) is 27.7 Å². The van der Waals surface area contributed by atoms with E-state index in [2.05, 4.69) is 25.5 Å². The van der Waals surface area contributed by atoms with Gasteiger partial charge in [-0.1, -0.05) is 12.1 Å². The number of nitrogens with two attached hydrogens (primary N) is 1. The first-order valence-electron chi connectivity index (χ1n) is 9.18. The first kappa shape index (κ1) is 19.3. The number of benzene rings is 2. The number of aromatic amines is 1. The first-order chi connectivity index (χ1) is 14.5. The number of aromatic nitrogens is 4. The molecule has 0 radical (unpaired) electrons. The molecule has 0 saturated heterocycles. The molecular weight excluding hydrogens is 384 g/mol. The highest BCUT2D eigenvalue weighted by Gasteiger charge is 2.15. The van der Waals surface area contributed by atoms with Crippen molar-refractivity contribution in [3.8, 4) is 28.4 Å². The molecule has 154 valence electrons. The fourth-order valence-corrected chi connectivity index (χ4v) is 3.27. The Kier molecular flexibility index (Phi) is 5.01. The fourth-order valence-electron chi connectivity index (χ4n) is 3.27. The molecule has 2 aromatic carbocycles. The second-order valence-electron chi connectivity index (χ2n) is 6.61. The number of nitrogens with zero attached hydrogens (tertiary/aromatic N) is 3. The Morgan fingerprint density at radius 3 is 2.37 bits per heavy atom. The molecular formula is C21H22N6O3. The monoisotopic (exact) mass is 406 g/mol. The number of hydrogen-bond acceptors (Lipinski definition) is 8. The first-order valence-corrected chi connectivity index (χ1v) is 9.18. The Balaban J connectivity index is 1.65. The van der Waals surface area contributed by atoms with Crippen molar-refractivity contribution >= 4 is 28.4 Å². The molecule has 0 aliphatic heterocycles. The number of rotatable bonds is 6. The topological polar surface area (TPSA) is 120 Å². The number of nitrogen functional groups attached to an aromatic ring is 1. The Morgan fingerprint density at radius 1 is 1.00 bits per heavy atom. The summed E-state index contributed by atoms with van der Waals surface area (Å²) in [5.41, 5.74) is 10.4. The molecule has 4 N–H and O–H groups in total. The summed E-state index contributed by atoms with van der Waals surface area (Å²) < 4.78 is 16.1. The van der Waals surface area contributed by atoms with Crippen molar-refractivity contribution in [2.24, 2.45) is 0 Å². The van der Waals surface area contributed by atoms with Crippen LogP contribution in [0.1, 0.15) is 5.69 Å². The number of fused-ring (bicyclic) bond motifs is 1. The van der Waals surface area contributed by atoms with Gasteiger partial charge in [0.15, 0.2) is 11.5 Å². The molecule has 0 aliphatic carbocycles. The molecule has 4 rings (SSSR count). The highest BCUT2D eigenvalue weighted by atomic mass is 16.5. The summed E-state index contributed by atoms with van der Waals surface area (Å²) in [6.07, 6.45) is 1.68. The SMILES string of the molecule is COc1cc(Nc2ncc(-c3ccc4c(C)[nH]nc4c3)c(N)n2)cc(OC)c1OC. The van der Waals surface area contributed by atoms with Gasteiger partial charge in [-0.3, -0.25) is 5.10 Å². The van der Waals surface area contributed by atoms with E-state index in [-0.39, 0.29) is 0 Å². The van der Waals surface area contributed by atoms with Crippen molar-refractivity contribution in [2.45, 2.75) is 6.92 Å². The van der Waals surface area contributed by atoms with Crippen LogP contribution in [0, 0.1) is 6.92 Å². The predicted octanol–water partition coefficient (Wildman–Crippen LogP) is 3.68. The summed E-state index contributed by atoms with van der Waals surface area (Å²) >= 11 is 0. The van der Waals surface area contributed by atoms with Gasteiger partial charge in [0.2, 0.25) is 11.7 Å². The summed E-state index contributed by atoms with van der Waals surface area (Å²) in [5, 5.41) is 11.5. The van der Waals surface area contributed by atoms with Crippen LogP contribution < -0.4 is 25.3 Å². The molecule has 30 heavy (non-hydrogen) atoms. The van der Waals surface area contributed by atoms with E-state index in [1.807, 2.05) is 25.1 Å². The van der Waals surface area contributed by atoms with Gasteiger partial charge in [0, 0.05) is 40.7 Å². The lowest BCUT2D eigenvalue weighted by Crippen LogP contribution is -2.03. The predicted molar refractivity (Wildman–Crippen MR) is 116 cm³/mol. The molecule has 0 bridgehead atoms. The van der Waals surface area contributed by atoms with Crippen LogP contribution in [0.2, 0.25) is 0 Å². The molecule has 0 spiro atoms. The van der Waals surface area contributed by atoms with Crippen molar-refractivity contribution < 1.29 is 14.2 Å². The van der Waals surface area contributed by atoms with Gasteiger partial charge in [-0.2, -0.15) is 10.1 Å². The molecule has 0 atom stereocenters. The average molecular weight is 406 g/mol. The van der Waals surface area contributed by atoms with Crippen molar-refractivity contribution in [1.29, 1.82) is 0 Å². The number of aryl methyl sites for hydroxylation is 1. The quantitative estimate of drug-likeness (QED) is 0.443. The standard InChI is InChI=1S/C21H22N6O3/c1-11-14-6-5-12(7-16(14)27-26-11)15-10-23-21(25-20(15)22)24-13-8-17(28-2)19(30-4)18(9-13)29-3/h5-10H,1-4H3,(H,26,27)(H3,22,23,24,25). The third-order valence-corrected chi connectivity index (χ3v) is 4.80. The van der Waals surface area contributed by atoms with Crippen LogP contribution in [0.4, 0.5) is 17.5 Å². The van der Waals surface area contributed by atoms with E-state index >= 15 is 0 Å². The summed E-state index contributed by atoms with van der Waals surface area (Å²) in [5.74, 6) is 2.25. The zero-order valence-electron chi connectivity index (χ0n) is 17.1. The zero-order chi connectivity index (χ0) is 21.3. The molecule has 9 heteroatoms. The summed E-state index contributed by atoms with van der Waals surface area (Å²) in [6, 6.07) is 9.47. The molecule has 0 amide bonds. The summed E-state index contributed by atoms with van der Waals surface area (Å²) in [6.45, 7) is 1.98. The highest BCUT2D eigenvalue weighted by molar-refractivity contribution is 5.87. The number of methoxy groups -OCH3 is 3. The molecule has 0 aliphatic rings. The van der Waals surface area contributed by atoms with Crippen molar-refractivity contribution in [3.05, 3.63) is 42.2 Å². The van der Waals surface area contributed by atoms with E-state index in [1.54, 1.807) is 39.7 Å². The van der Waals surface area contributed by atoms with Crippen molar-refractivity contribution in [3.63, 3.8) is 0 Å². The second-order valence-corrected chi connectivity index (χ2v) is 6.61. The van der Waals surface area contributed by atoms with E-state index in [4.69, 9.17) is 19.9 Å². The Morgan fingerprint density at radius 2 is 1.73 bits per heavy atom. The van der Waals surface area contributed by atoms with Crippen LogP contribution in [0.15, 0.2) is 36.5 Å². The maximum absolute atomic E-state index is 6.23. The summed E-state index contributed by atoms with van der Waals surface area (Å²) in [4.78, 5) is 8.80. The van der Waals surface area contributed by atoms with Crippen molar-refractivity contribution in [1.82, 2.24) is 20.2 Å². The lowest BCUT2D eigenvalue weighted by Gasteiger charge is -2.15. The molecule has 4 aromatic rings. The van der Waals surface area contributed by atoms with E-state index in [1.165, 1.54) is 0 Å². The molecule has 0 saturated carbocycles. The van der Waals surface area contributed by atoms with Crippen molar-refractivity contribution in [2.75, 3.05) is 32.4 Å². The Bertz CT molecular complexity index is 1200. The molecule has 2 heterocycles. The minimum Gasteiger partial charge on any atom is -0.493 e. The van der Waals surface area contributed by atoms with Gasteiger partial charge >= 0.3 is 0 Å². The third-order valence-electron chi connectivity index (χ3n) is 4.80. The normalized spacial score (nSPS) is 10.8. The number of H-pyrrole nitrogens is 1. The van der Waals surface area contributed by atoms with Crippen LogP contribution in [-0.2, 0) is 0 Å². The molecule has 2 aromatic heterocycles. The Hall–Kier alpha value is -4.01. The Labute approximate surface area is 173 Å². The van der Waals surface area contributed by atoms with Crippen LogP contribution >= 0.6 is 0 Å². The maximum Gasteiger partial charge on any atom is 0.229 e. The van der Waals surface area contributed by atoms with Gasteiger partial charge in [-0.05, 0) is 18.6 Å². The zero-order valence-corrected chi connectivity index (χ0v) is 17.1. The molecule has 9 nitrogen and oxygen atoms in total. The van der Waals surface area contributed by atoms with Crippen LogP contribution in [0.3, 0.4) is 0 Å². The van der Waals surface area contributed by atoms with Gasteiger partial charge in [-0.15, -0.1) is 0 Å². The van der Waals surface area contributed by atoms with E-state index in [0.29, 0.717) is 34.7 Å². The van der Waals surface area contributed by atoms with Crippen LogP contribution in [0.25, 0.3) is 22.0 Å². The van der Waals surface area contributed by atoms with Gasteiger partial charge in [-0.25, -0.2) is 4.98 Å². The van der Waals surface area contributed by atoms with Crippen LogP contribution in [-0.4, -0.2) is 41.5 Å². The number of hydrogen-bond donors (Lipinski definition) is 3. The van der Waals surface area contributed by atoms with Gasteiger partial charge in [0.25, 0.3) is 0 Å². The average Bonchev–Trinajstić information content (AvgIpc) is 3.13. The lowest BCUT2D eigenvalue weighted by molar-refractivity contribution is 0.324. The number of nitrogens with one attached hydrogen (secondary N) is 2. The second kappa shape index (κ2) is 7.78. The number of anilines is 3. The number of ether oxygens (including phenoxy) is 3. The maximum atomic E-state index is 6.23. The van der Waals surface area contributed by atoms with E-state index < -0.39 is 0 Å².